The molecule has 0 spiro atoms. The number of halogens is 1. The maximum absolute atomic E-state index is 5.37. The minimum Gasteiger partial charge on any atom is -0.381 e. The van der Waals surface area contributed by atoms with Crippen molar-refractivity contribution in [3.05, 3.63) is 0 Å². The number of ether oxygens (including phenoxy) is 1. The smallest absolute Gasteiger partial charge is 0.0469 e. The van der Waals surface area contributed by atoms with E-state index in [2.05, 4.69) is 41.7 Å². The molecule has 0 aliphatic carbocycles. The van der Waals surface area contributed by atoms with E-state index in [4.69, 9.17) is 4.74 Å². The summed E-state index contributed by atoms with van der Waals surface area (Å²) in [6.07, 6.45) is 2.45. The Morgan fingerprint density at radius 1 is 1.36 bits per heavy atom. The van der Waals surface area contributed by atoms with Crippen LogP contribution in [0.4, 0.5) is 0 Å². The predicted molar refractivity (Wildman–Crippen MR) is 64.0 cm³/mol. The van der Waals surface area contributed by atoms with Crippen molar-refractivity contribution in [1.82, 2.24) is 4.90 Å². The molecule has 0 unspecified atom stereocenters. The largest absolute Gasteiger partial charge is 0.381 e. The normalized spacial score (nSPS) is 20.4. The number of alkyl halides is 1. The zero-order chi connectivity index (χ0) is 10.6. The second kappa shape index (κ2) is 5.47. The number of hydrogen-bond donors (Lipinski definition) is 0. The standard InChI is InChI=1S/C11H22BrNO/c1-11(2,9-12)13(3)8-10-4-6-14-7-5-10/h10H,4-9H2,1-3H3. The second-order valence-corrected chi connectivity index (χ2v) is 5.44. The van der Waals surface area contributed by atoms with Crippen LogP contribution in [-0.4, -0.2) is 42.6 Å². The first-order valence-corrected chi connectivity index (χ1v) is 6.53. The van der Waals surface area contributed by atoms with Crippen molar-refractivity contribution in [2.75, 3.05) is 32.1 Å². The topological polar surface area (TPSA) is 12.5 Å². The molecule has 0 aromatic rings. The minimum atomic E-state index is 0.262. The van der Waals surface area contributed by atoms with Gasteiger partial charge in [0.2, 0.25) is 0 Å². The van der Waals surface area contributed by atoms with Crippen LogP contribution in [0.3, 0.4) is 0 Å². The first-order valence-electron chi connectivity index (χ1n) is 5.41. The van der Waals surface area contributed by atoms with E-state index < -0.39 is 0 Å². The Kier molecular flexibility index (Phi) is 4.88. The van der Waals surface area contributed by atoms with Gasteiger partial charge in [0, 0.05) is 30.6 Å². The SMILES string of the molecule is CN(CC1CCOCC1)C(C)(C)CBr. The van der Waals surface area contributed by atoms with Gasteiger partial charge in [0.15, 0.2) is 0 Å². The van der Waals surface area contributed by atoms with Crippen LogP contribution in [0.25, 0.3) is 0 Å². The van der Waals surface area contributed by atoms with E-state index in [1.165, 1.54) is 19.4 Å². The van der Waals surface area contributed by atoms with Crippen LogP contribution >= 0.6 is 15.9 Å². The molecule has 0 N–H and O–H groups in total. The van der Waals surface area contributed by atoms with Gasteiger partial charge in [0.05, 0.1) is 0 Å². The van der Waals surface area contributed by atoms with Crippen LogP contribution in [0, 0.1) is 5.92 Å². The van der Waals surface area contributed by atoms with Gasteiger partial charge in [-0.2, -0.15) is 0 Å². The maximum atomic E-state index is 5.37. The molecule has 1 fully saturated rings. The molecule has 14 heavy (non-hydrogen) atoms. The van der Waals surface area contributed by atoms with Gasteiger partial charge in [0.1, 0.15) is 0 Å². The third kappa shape index (κ3) is 3.52. The molecule has 1 aliphatic heterocycles. The highest BCUT2D eigenvalue weighted by Gasteiger charge is 2.25. The van der Waals surface area contributed by atoms with Crippen molar-refractivity contribution in [3.8, 4) is 0 Å². The Morgan fingerprint density at radius 2 is 1.93 bits per heavy atom. The van der Waals surface area contributed by atoms with E-state index in [1.54, 1.807) is 0 Å². The molecule has 0 aromatic heterocycles. The molecule has 84 valence electrons. The Balaban J connectivity index is 2.34. The monoisotopic (exact) mass is 263 g/mol. The number of rotatable bonds is 4. The van der Waals surface area contributed by atoms with Gasteiger partial charge in [-0.25, -0.2) is 0 Å². The Morgan fingerprint density at radius 3 is 2.43 bits per heavy atom. The van der Waals surface area contributed by atoms with Crippen molar-refractivity contribution in [1.29, 1.82) is 0 Å². The third-order valence-electron chi connectivity index (χ3n) is 3.23. The molecule has 0 bridgehead atoms. The fourth-order valence-electron chi connectivity index (χ4n) is 1.67. The fourth-order valence-corrected chi connectivity index (χ4v) is 2.09. The third-order valence-corrected chi connectivity index (χ3v) is 4.61. The highest BCUT2D eigenvalue weighted by atomic mass is 79.9. The van der Waals surface area contributed by atoms with Crippen LogP contribution in [0.1, 0.15) is 26.7 Å². The molecule has 0 radical (unpaired) electrons. The van der Waals surface area contributed by atoms with Gasteiger partial charge in [-0.1, -0.05) is 15.9 Å². The summed E-state index contributed by atoms with van der Waals surface area (Å²) in [6.45, 7) is 7.66. The van der Waals surface area contributed by atoms with Crippen LogP contribution in [0.15, 0.2) is 0 Å². The molecule has 0 saturated carbocycles. The molecule has 0 amide bonds. The molecule has 0 atom stereocenters. The summed E-state index contributed by atoms with van der Waals surface area (Å²) >= 11 is 3.57. The van der Waals surface area contributed by atoms with Crippen molar-refractivity contribution < 1.29 is 4.74 Å². The number of nitrogens with zero attached hydrogens (tertiary/aromatic N) is 1. The summed E-state index contributed by atoms with van der Waals surface area (Å²) in [6, 6.07) is 0. The highest BCUT2D eigenvalue weighted by Crippen LogP contribution is 2.21. The second-order valence-electron chi connectivity index (χ2n) is 4.88. The van der Waals surface area contributed by atoms with Gasteiger partial charge in [-0.3, -0.25) is 0 Å². The van der Waals surface area contributed by atoms with Gasteiger partial charge in [-0.15, -0.1) is 0 Å². The van der Waals surface area contributed by atoms with Crippen LogP contribution in [-0.2, 0) is 4.74 Å². The molecule has 1 aliphatic rings. The van der Waals surface area contributed by atoms with Crippen molar-refractivity contribution >= 4 is 15.9 Å². The molecule has 1 rings (SSSR count). The molecule has 2 nitrogen and oxygen atoms in total. The molecular weight excluding hydrogens is 242 g/mol. The summed E-state index contributed by atoms with van der Waals surface area (Å²) < 4.78 is 5.37. The van der Waals surface area contributed by atoms with Gasteiger partial charge in [0.25, 0.3) is 0 Å². The summed E-state index contributed by atoms with van der Waals surface area (Å²) in [5, 5.41) is 1.03. The van der Waals surface area contributed by atoms with Crippen LogP contribution in [0.2, 0.25) is 0 Å². The van der Waals surface area contributed by atoms with E-state index in [0.29, 0.717) is 0 Å². The average molecular weight is 264 g/mol. The first kappa shape index (κ1) is 12.5. The van der Waals surface area contributed by atoms with E-state index in [0.717, 1.165) is 24.5 Å². The van der Waals surface area contributed by atoms with Crippen LogP contribution in [0.5, 0.6) is 0 Å². The van der Waals surface area contributed by atoms with E-state index in [1.807, 2.05) is 0 Å². The van der Waals surface area contributed by atoms with E-state index >= 15 is 0 Å². The highest BCUT2D eigenvalue weighted by molar-refractivity contribution is 9.09. The Bertz CT molecular complexity index is 167. The lowest BCUT2D eigenvalue weighted by Crippen LogP contribution is -2.45. The van der Waals surface area contributed by atoms with Gasteiger partial charge < -0.3 is 9.64 Å². The molecule has 1 heterocycles. The molecule has 3 heteroatoms. The van der Waals surface area contributed by atoms with E-state index in [9.17, 15) is 0 Å². The van der Waals surface area contributed by atoms with Crippen molar-refractivity contribution in [3.63, 3.8) is 0 Å². The Hall–Kier alpha value is 0.400. The summed E-state index contributed by atoms with van der Waals surface area (Å²) in [4.78, 5) is 2.46. The lowest BCUT2D eigenvalue weighted by molar-refractivity contribution is 0.0436. The fraction of sp³-hybridized carbons (Fsp3) is 1.00. The first-order chi connectivity index (χ1) is 6.56. The summed E-state index contributed by atoms with van der Waals surface area (Å²) in [7, 11) is 2.22. The molecule has 0 aromatic carbocycles. The zero-order valence-electron chi connectivity index (χ0n) is 9.55. The minimum absolute atomic E-state index is 0.262. The van der Waals surface area contributed by atoms with Crippen molar-refractivity contribution in [2.45, 2.75) is 32.2 Å². The summed E-state index contributed by atoms with van der Waals surface area (Å²) in [5.41, 5.74) is 0.262. The predicted octanol–water partition coefficient (Wildman–Crippen LogP) is 2.52. The zero-order valence-corrected chi connectivity index (χ0v) is 11.1. The van der Waals surface area contributed by atoms with Gasteiger partial charge in [-0.05, 0) is 39.7 Å². The van der Waals surface area contributed by atoms with Crippen LogP contribution < -0.4 is 0 Å². The quantitative estimate of drug-likeness (QED) is 0.723. The Labute approximate surface area is 96.1 Å². The van der Waals surface area contributed by atoms with Gasteiger partial charge >= 0.3 is 0 Å². The lowest BCUT2D eigenvalue weighted by Gasteiger charge is -2.37. The van der Waals surface area contributed by atoms with E-state index in [-0.39, 0.29) is 5.54 Å². The average Bonchev–Trinajstić information content (AvgIpc) is 2.19. The lowest BCUT2D eigenvalue weighted by atomic mass is 9.97. The maximum Gasteiger partial charge on any atom is 0.0469 e. The molecular formula is C11H22BrNO. The summed E-state index contributed by atoms with van der Waals surface area (Å²) in [5.74, 6) is 0.826. The van der Waals surface area contributed by atoms with Crippen molar-refractivity contribution in [2.24, 2.45) is 5.92 Å². The number of hydrogen-bond acceptors (Lipinski definition) is 2. The molecule has 1 saturated heterocycles.